The van der Waals surface area contributed by atoms with Crippen molar-refractivity contribution in [2.24, 2.45) is 0 Å². The summed E-state index contributed by atoms with van der Waals surface area (Å²) in [5.74, 6) is -0.389. The molecule has 1 amide bonds. The van der Waals surface area contributed by atoms with Gasteiger partial charge in [-0.15, -0.1) is 0 Å². The van der Waals surface area contributed by atoms with Crippen LogP contribution in [0.3, 0.4) is 0 Å². The van der Waals surface area contributed by atoms with Gasteiger partial charge in [0.15, 0.2) is 5.78 Å². The zero-order valence-electron chi connectivity index (χ0n) is 16.6. The molecule has 0 aliphatic carbocycles. The maximum atomic E-state index is 13.1. The molecule has 1 aromatic heterocycles. The summed E-state index contributed by atoms with van der Waals surface area (Å²) in [7, 11) is 1.56. The SMILES string of the molecule is COc1ccc(NC(=O)c2oc3ccccc3c2NCC(=O)c2ccc(F)cc2)cc1. The maximum absolute atomic E-state index is 13.1. The molecule has 2 N–H and O–H groups in total. The molecule has 31 heavy (non-hydrogen) atoms. The average Bonchev–Trinajstić information content (AvgIpc) is 3.17. The van der Waals surface area contributed by atoms with E-state index in [1.165, 1.54) is 24.3 Å². The Balaban J connectivity index is 1.58. The number of carbonyl (C=O) groups is 2. The Hall–Kier alpha value is -4.13. The summed E-state index contributed by atoms with van der Waals surface area (Å²) in [5, 5.41) is 6.47. The summed E-state index contributed by atoms with van der Waals surface area (Å²) in [4.78, 5) is 25.4. The van der Waals surface area contributed by atoms with E-state index in [9.17, 15) is 14.0 Å². The fourth-order valence-corrected chi connectivity index (χ4v) is 3.15. The second kappa shape index (κ2) is 8.71. The lowest BCUT2D eigenvalue weighted by Crippen LogP contribution is -2.17. The average molecular weight is 418 g/mol. The number of hydrogen-bond acceptors (Lipinski definition) is 5. The molecule has 0 atom stereocenters. The fourth-order valence-electron chi connectivity index (χ4n) is 3.15. The molecule has 4 aromatic rings. The van der Waals surface area contributed by atoms with E-state index in [2.05, 4.69) is 10.6 Å². The highest BCUT2D eigenvalue weighted by molar-refractivity contribution is 6.12. The molecule has 6 nitrogen and oxygen atoms in total. The highest BCUT2D eigenvalue weighted by Crippen LogP contribution is 2.31. The number of nitrogens with one attached hydrogen (secondary N) is 2. The van der Waals surface area contributed by atoms with Gasteiger partial charge in [-0.3, -0.25) is 9.59 Å². The molecule has 0 saturated heterocycles. The number of halogens is 1. The van der Waals surface area contributed by atoms with E-state index >= 15 is 0 Å². The Bertz CT molecular complexity index is 1230. The fraction of sp³-hybridized carbons (Fsp3) is 0.0833. The van der Waals surface area contributed by atoms with Gasteiger partial charge < -0.3 is 19.8 Å². The number of methoxy groups -OCH3 is 1. The van der Waals surface area contributed by atoms with Crippen molar-refractivity contribution in [3.63, 3.8) is 0 Å². The van der Waals surface area contributed by atoms with E-state index < -0.39 is 11.7 Å². The molecule has 1 heterocycles. The Labute approximate surface area is 177 Å². The molecule has 0 unspecified atom stereocenters. The van der Waals surface area contributed by atoms with Gasteiger partial charge in [0.25, 0.3) is 5.91 Å². The highest BCUT2D eigenvalue weighted by Gasteiger charge is 2.21. The summed E-state index contributed by atoms with van der Waals surface area (Å²) in [5.41, 5.74) is 1.86. The van der Waals surface area contributed by atoms with E-state index in [1.807, 2.05) is 6.07 Å². The Kier molecular flexibility index (Phi) is 5.66. The number of carbonyl (C=O) groups excluding carboxylic acids is 2. The number of rotatable bonds is 7. The number of hydrogen-bond donors (Lipinski definition) is 2. The van der Waals surface area contributed by atoms with Crippen molar-refractivity contribution in [2.45, 2.75) is 0 Å². The lowest BCUT2D eigenvalue weighted by Gasteiger charge is -2.08. The summed E-state index contributed by atoms with van der Waals surface area (Å²) >= 11 is 0. The summed E-state index contributed by atoms with van der Waals surface area (Å²) in [6.45, 7) is -0.0853. The summed E-state index contributed by atoms with van der Waals surface area (Å²) in [6, 6.07) is 19.3. The zero-order chi connectivity index (χ0) is 21.8. The van der Waals surface area contributed by atoms with Gasteiger partial charge in [-0.25, -0.2) is 4.39 Å². The van der Waals surface area contributed by atoms with Crippen LogP contribution >= 0.6 is 0 Å². The minimum Gasteiger partial charge on any atom is -0.497 e. The van der Waals surface area contributed by atoms with E-state index in [-0.39, 0.29) is 18.1 Å². The molecule has 0 saturated carbocycles. The van der Waals surface area contributed by atoms with Crippen molar-refractivity contribution in [2.75, 3.05) is 24.3 Å². The van der Waals surface area contributed by atoms with E-state index in [1.54, 1.807) is 49.6 Å². The third kappa shape index (κ3) is 4.40. The van der Waals surface area contributed by atoms with Crippen LogP contribution in [-0.4, -0.2) is 25.3 Å². The lowest BCUT2D eigenvalue weighted by molar-refractivity contribution is 0.0991. The first-order chi connectivity index (χ1) is 15.0. The number of ketones is 1. The first kappa shape index (κ1) is 20.2. The van der Waals surface area contributed by atoms with Crippen LogP contribution in [0, 0.1) is 5.82 Å². The highest BCUT2D eigenvalue weighted by atomic mass is 19.1. The van der Waals surface area contributed by atoms with Gasteiger partial charge in [-0.1, -0.05) is 12.1 Å². The molecule has 3 aromatic carbocycles. The second-order valence-corrected chi connectivity index (χ2v) is 6.77. The topological polar surface area (TPSA) is 80.6 Å². The van der Waals surface area contributed by atoms with Gasteiger partial charge in [-0.05, 0) is 60.7 Å². The molecule has 4 rings (SSSR count). The summed E-state index contributed by atoms with van der Waals surface area (Å²) < 4.78 is 24.0. The predicted molar refractivity (Wildman–Crippen MR) is 116 cm³/mol. The Morgan fingerprint density at radius 1 is 0.968 bits per heavy atom. The van der Waals surface area contributed by atoms with Crippen molar-refractivity contribution < 1.29 is 23.1 Å². The van der Waals surface area contributed by atoms with Crippen LogP contribution in [0.1, 0.15) is 20.9 Å². The number of Topliss-reactive ketones (excluding diaryl/α,β-unsaturated/α-hetero) is 1. The minimum atomic E-state index is -0.460. The van der Waals surface area contributed by atoms with Crippen LogP contribution < -0.4 is 15.4 Å². The van der Waals surface area contributed by atoms with Crippen molar-refractivity contribution in [3.8, 4) is 5.75 Å². The molecular formula is C24H19FN2O4. The van der Waals surface area contributed by atoms with E-state index in [4.69, 9.17) is 9.15 Å². The standard InChI is InChI=1S/C24H19FN2O4/c1-30-18-12-10-17(11-13-18)27-24(29)23-22(19-4-2-3-5-21(19)31-23)26-14-20(28)15-6-8-16(25)9-7-15/h2-13,26H,14H2,1H3,(H,27,29). The van der Waals surface area contributed by atoms with Gasteiger partial charge in [0, 0.05) is 16.6 Å². The third-order valence-electron chi connectivity index (χ3n) is 4.74. The van der Waals surface area contributed by atoms with Gasteiger partial charge in [0.2, 0.25) is 5.76 Å². The Morgan fingerprint density at radius 2 is 1.68 bits per heavy atom. The molecule has 0 fully saturated rings. The van der Waals surface area contributed by atoms with Gasteiger partial charge in [0.1, 0.15) is 17.1 Å². The van der Waals surface area contributed by atoms with Crippen molar-refractivity contribution in [1.82, 2.24) is 0 Å². The number of furan rings is 1. The van der Waals surface area contributed by atoms with Crippen LogP contribution in [0.2, 0.25) is 0 Å². The number of anilines is 2. The predicted octanol–water partition coefficient (Wildman–Crippen LogP) is 5.13. The van der Waals surface area contributed by atoms with Crippen LogP contribution in [0.4, 0.5) is 15.8 Å². The first-order valence-corrected chi connectivity index (χ1v) is 9.55. The first-order valence-electron chi connectivity index (χ1n) is 9.55. The zero-order valence-corrected chi connectivity index (χ0v) is 16.6. The molecule has 0 radical (unpaired) electrons. The number of ether oxygens (including phenoxy) is 1. The quantitative estimate of drug-likeness (QED) is 0.407. The Morgan fingerprint density at radius 3 is 2.39 bits per heavy atom. The lowest BCUT2D eigenvalue weighted by atomic mass is 10.1. The number of fused-ring (bicyclic) bond motifs is 1. The van der Waals surface area contributed by atoms with Crippen molar-refractivity contribution >= 4 is 34.0 Å². The largest absolute Gasteiger partial charge is 0.497 e. The smallest absolute Gasteiger partial charge is 0.293 e. The molecule has 0 aliphatic rings. The maximum Gasteiger partial charge on any atom is 0.293 e. The van der Waals surface area contributed by atoms with Crippen LogP contribution in [0.5, 0.6) is 5.75 Å². The van der Waals surface area contributed by atoms with Crippen LogP contribution in [0.15, 0.2) is 77.2 Å². The number of para-hydroxylation sites is 1. The van der Waals surface area contributed by atoms with Gasteiger partial charge >= 0.3 is 0 Å². The normalized spacial score (nSPS) is 10.6. The van der Waals surface area contributed by atoms with Crippen molar-refractivity contribution in [3.05, 3.63) is 89.9 Å². The van der Waals surface area contributed by atoms with Crippen LogP contribution in [0.25, 0.3) is 11.0 Å². The van der Waals surface area contributed by atoms with E-state index in [0.717, 1.165) is 0 Å². The second-order valence-electron chi connectivity index (χ2n) is 6.77. The molecule has 0 aliphatic heterocycles. The van der Waals surface area contributed by atoms with E-state index in [0.29, 0.717) is 33.7 Å². The van der Waals surface area contributed by atoms with Gasteiger partial charge in [0.05, 0.1) is 19.3 Å². The van der Waals surface area contributed by atoms with Gasteiger partial charge in [-0.2, -0.15) is 0 Å². The molecule has 0 spiro atoms. The molecular weight excluding hydrogens is 399 g/mol. The molecule has 0 bridgehead atoms. The number of amides is 1. The number of benzene rings is 3. The molecule has 156 valence electrons. The summed E-state index contributed by atoms with van der Waals surface area (Å²) in [6.07, 6.45) is 0. The van der Waals surface area contributed by atoms with Crippen molar-refractivity contribution in [1.29, 1.82) is 0 Å². The van der Waals surface area contributed by atoms with Crippen LogP contribution in [-0.2, 0) is 0 Å². The third-order valence-corrected chi connectivity index (χ3v) is 4.74. The monoisotopic (exact) mass is 418 g/mol. The molecule has 7 heteroatoms. The minimum absolute atomic E-state index is 0.0592.